The molecule has 0 amide bonds. The maximum absolute atomic E-state index is 11.4. The summed E-state index contributed by atoms with van der Waals surface area (Å²) < 4.78 is 0. The van der Waals surface area contributed by atoms with Crippen molar-refractivity contribution in [3.05, 3.63) is 28.2 Å². The molecular weight excluding hydrogens is 282 g/mol. The third kappa shape index (κ3) is 4.82. The van der Waals surface area contributed by atoms with Gasteiger partial charge in [-0.15, -0.1) is 16.7 Å². The highest BCUT2D eigenvalue weighted by Gasteiger charge is 2.27. The van der Waals surface area contributed by atoms with Crippen LogP contribution in [0.3, 0.4) is 0 Å². The molecule has 0 fully saturated rings. The molecule has 0 aliphatic carbocycles. The van der Waals surface area contributed by atoms with Gasteiger partial charge in [0.1, 0.15) is 5.69 Å². The molecule has 0 aromatic heterocycles. The van der Waals surface area contributed by atoms with Gasteiger partial charge in [0.2, 0.25) is 0 Å². The van der Waals surface area contributed by atoms with Gasteiger partial charge in [0, 0.05) is 17.3 Å². The van der Waals surface area contributed by atoms with Crippen LogP contribution in [-0.2, 0) is 10.8 Å². The number of rotatable bonds is 5. The summed E-state index contributed by atoms with van der Waals surface area (Å²) in [6.45, 7) is 12.8. The fourth-order valence-electron chi connectivity index (χ4n) is 2.19. The standard InChI is InChI=1S/C17H27NO2S/c1-16(2,3)13-10-12(21-9-7-8-19)11-14(15(13)18-20)17(4,5)6/h10-11,19H,7-9H2,1-6H3. The van der Waals surface area contributed by atoms with Crippen LogP contribution >= 0.6 is 11.8 Å². The predicted octanol–water partition coefficient (Wildman–Crippen LogP) is 5.15. The van der Waals surface area contributed by atoms with Gasteiger partial charge in [-0.25, -0.2) is 0 Å². The lowest BCUT2D eigenvalue weighted by atomic mass is 9.79. The molecule has 0 radical (unpaired) electrons. The first-order valence-corrected chi connectivity index (χ1v) is 8.36. The lowest BCUT2D eigenvalue weighted by Gasteiger charge is -2.28. The minimum atomic E-state index is -0.128. The normalized spacial score (nSPS) is 12.5. The number of aliphatic hydroxyl groups is 1. The number of nitroso groups, excluding NO2 is 1. The summed E-state index contributed by atoms with van der Waals surface area (Å²) in [4.78, 5) is 12.6. The molecule has 1 rings (SSSR count). The Bertz CT molecular complexity index is 463. The van der Waals surface area contributed by atoms with Crippen LogP contribution < -0.4 is 0 Å². The topological polar surface area (TPSA) is 49.7 Å². The van der Waals surface area contributed by atoms with E-state index in [0.29, 0.717) is 5.69 Å². The van der Waals surface area contributed by atoms with Crippen LogP contribution in [0, 0.1) is 4.91 Å². The SMILES string of the molecule is CC(C)(C)c1cc(SCCCO)cc(C(C)(C)C)c1N=O. The summed E-state index contributed by atoms with van der Waals surface area (Å²) in [5.74, 6) is 0.873. The molecule has 4 heteroatoms. The van der Waals surface area contributed by atoms with Gasteiger partial charge in [0.15, 0.2) is 0 Å². The molecule has 3 nitrogen and oxygen atoms in total. The molecule has 21 heavy (non-hydrogen) atoms. The van der Waals surface area contributed by atoms with Crippen molar-refractivity contribution in [3.8, 4) is 0 Å². The second-order valence-electron chi connectivity index (χ2n) is 7.38. The molecule has 0 spiro atoms. The van der Waals surface area contributed by atoms with Gasteiger partial charge in [0.05, 0.1) is 0 Å². The molecule has 0 bridgehead atoms. The van der Waals surface area contributed by atoms with E-state index in [-0.39, 0.29) is 17.4 Å². The van der Waals surface area contributed by atoms with Gasteiger partial charge in [0.25, 0.3) is 0 Å². The average Bonchev–Trinajstić information content (AvgIpc) is 2.36. The lowest BCUT2D eigenvalue weighted by molar-refractivity contribution is 0.296. The van der Waals surface area contributed by atoms with Crippen LogP contribution in [0.2, 0.25) is 0 Å². The Morgan fingerprint density at radius 2 is 1.52 bits per heavy atom. The van der Waals surface area contributed by atoms with Crippen molar-refractivity contribution in [1.82, 2.24) is 0 Å². The summed E-state index contributed by atoms with van der Waals surface area (Å²) >= 11 is 1.72. The predicted molar refractivity (Wildman–Crippen MR) is 91.7 cm³/mol. The minimum absolute atomic E-state index is 0.128. The monoisotopic (exact) mass is 309 g/mol. The van der Waals surface area contributed by atoms with E-state index in [0.717, 1.165) is 28.2 Å². The van der Waals surface area contributed by atoms with E-state index >= 15 is 0 Å². The lowest BCUT2D eigenvalue weighted by Crippen LogP contribution is -2.17. The molecule has 1 N–H and O–H groups in total. The van der Waals surface area contributed by atoms with Crippen molar-refractivity contribution in [1.29, 1.82) is 0 Å². The molecule has 1 aromatic carbocycles. The third-order valence-electron chi connectivity index (χ3n) is 3.36. The van der Waals surface area contributed by atoms with Gasteiger partial charge in [-0.3, -0.25) is 0 Å². The molecule has 0 heterocycles. The Balaban J connectivity index is 3.41. The summed E-state index contributed by atoms with van der Waals surface area (Å²) in [6, 6.07) is 4.15. The number of nitrogens with zero attached hydrogens (tertiary/aromatic N) is 1. The van der Waals surface area contributed by atoms with Gasteiger partial charge in [-0.1, -0.05) is 41.5 Å². The zero-order valence-electron chi connectivity index (χ0n) is 14.0. The maximum atomic E-state index is 11.4. The first-order chi connectivity index (χ1) is 9.61. The molecule has 0 atom stereocenters. The number of hydrogen-bond acceptors (Lipinski definition) is 4. The molecule has 0 saturated carbocycles. The first kappa shape index (κ1) is 18.2. The Labute approximate surface area is 132 Å². The Morgan fingerprint density at radius 3 is 1.86 bits per heavy atom. The Morgan fingerprint density at radius 1 is 1.05 bits per heavy atom. The van der Waals surface area contributed by atoms with Gasteiger partial charge in [-0.05, 0) is 45.7 Å². The molecule has 118 valence electrons. The fourth-order valence-corrected chi connectivity index (χ4v) is 3.10. The van der Waals surface area contributed by atoms with Crippen molar-refractivity contribution in [2.45, 2.75) is 63.7 Å². The van der Waals surface area contributed by atoms with E-state index in [9.17, 15) is 4.91 Å². The second kappa shape index (κ2) is 6.93. The first-order valence-electron chi connectivity index (χ1n) is 7.37. The highest BCUT2D eigenvalue weighted by molar-refractivity contribution is 7.99. The summed E-state index contributed by atoms with van der Waals surface area (Å²) in [5, 5.41) is 12.3. The van der Waals surface area contributed by atoms with Crippen LogP contribution in [0.4, 0.5) is 5.69 Å². The zero-order chi connectivity index (χ0) is 16.3. The summed E-state index contributed by atoms with van der Waals surface area (Å²) in [7, 11) is 0. The fraction of sp³-hybridized carbons (Fsp3) is 0.647. The van der Waals surface area contributed by atoms with Crippen LogP contribution in [0.1, 0.15) is 59.1 Å². The van der Waals surface area contributed by atoms with E-state index in [2.05, 4.69) is 58.9 Å². The number of benzene rings is 1. The average molecular weight is 309 g/mol. The number of thioether (sulfide) groups is 1. The molecule has 0 unspecified atom stereocenters. The smallest absolute Gasteiger partial charge is 0.115 e. The summed E-state index contributed by atoms with van der Waals surface area (Å²) in [6.07, 6.45) is 0.772. The second-order valence-corrected chi connectivity index (χ2v) is 8.55. The van der Waals surface area contributed by atoms with Crippen molar-refractivity contribution < 1.29 is 5.11 Å². The highest BCUT2D eigenvalue weighted by Crippen LogP contribution is 2.42. The maximum Gasteiger partial charge on any atom is 0.115 e. The van der Waals surface area contributed by atoms with Gasteiger partial charge >= 0.3 is 0 Å². The third-order valence-corrected chi connectivity index (χ3v) is 4.42. The van der Waals surface area contributed by atoms with Crippen molar-refractivity contribution in [3.63, 3.8) is 0 Å². The summed E-state index contributed by atoms with van der Waals surface area (Å²) in [5.41, 5.74) is 2.32. The van der Waals surface area contributed by atoms with Gasteiger partial charge < -0.3 is 5.11 Å². The molecular formula is C17H27NO2S. The van der Waals surface area contributed by atoms with E-state index in [1.54, 1.807) is 11.8 Å². The highest BCUT2D eigenvalue weighted by atomic mass is 32.2. The van der Waals surface area contributed by atoms with Crippen LogP contribution in [0.5, 0.6) is 0 Å². The molecule has 0 saturated heterocycles. The minimum Gasteiger partial charge on any atom is -0.396 e. The molecule has 0 aliphatic rings. The van der Waals surface area contributed by atoms with Crippen LogP contribution in [0.15, 0.2) is 22.2 Å². The van der Waals surface area contributed by atoms with E-state index < -0.39 is 0 Å². The molecule has 1 aromatic rings. The van der Waals surface area contributed by atoms with Crippen LogP contribution in [0.25, 0.3) is 0 Å². The zero-order valence-corrected chi connectivity index (χ0v) is 14.8. The van der Waals surface area contributed by atoms with Crippen molar-refractivity contribution >= 4 is 17.4 Å². The largest absolute Gasteiger partial charge is 0.396 e. The Kier molecular flexibility index (Phi) is 6.00. The van der Waals surface area contributed by atoms with Crippen LogP contribution in [-0.4, -0.2) is 17.5 Å². The number of hydrogen-bond donors (Lipinski definition) is 1. The number of aliphatic hydroxyl groups excluding tert-OH is 1. The van der Waals surface area contributed by atoms with E-state index in [4.69, 9.17) is 5.11 Å². The van der Waals surface area contributed by atoms with Gasteiger partial charge in [-0.2, -0.15) is 0 Å². The van der Waals surface area contributed by atoms with Crippen molar-refractivity contribution in [2.75, 3.05) is 12.4 Å². The molecule has 0 aliphatic heterocycles. The Hall–Kier alpha value is -0.870. The quantitative estimate of drug-likeness (QED) is 0.464. The van der Waals surface area contributed by atoms with E-state index in [1.165, 1.54) is 0 Å². The van der Waals surface area contributed by atoms with Crippen molar-refractivity contribution in [2.24, 2.45) is 5.18 Å². The van der Waals surface area contributed by atoms with E-state index in [1.807, 2.05) is 0 Å².